The fourth-order valence-electron chi connectivity index (χ4n) is 1.73. The summed E-state index contributed by atoms with van der Waals surface area (Å²) in [5.41, 5.74) is -1.13. The van der Waals surface area contributed by atoms with Crippen molar-refractivity contribution in [1.82, 2.24) is 0 Å². The van der Waals surface area contributed by atoms with Crippen LogP contribution in [-0.4, -0.2) is 23.7 Å². The molecule has 1 aromatic rings. The smallest absolute Gasteiger partial charge is 0.267 e. The highest BCUT2D eigenvalue weighted by molar-refractivity contribution is 5.07. The fourth-order valence-corrected chi connectivity index (χ4v) is 1.73. The Morgan fingerprint density at radius 2 is 2.12 bits per heavy atom. The lowest BCUT2D eigenvalue weighted by molar-refractivity contribution is -0.592. The molecule has 6 nitrogen and oxygen atoms in total. The highest BCUT2D eigenvalue weighted by atomic mass is 16.7. The van der Waals surface area contributed by atoms with E-state index in [9.17, 15) is 10.1 Å². The van der Waals surface area contributed by atoms with Gasteiger partial charge < -0.3 is 13.9 Å². The van der Waals surface area contributed by atoms with E-state index in [-0.39, 0.29) is 18.1 Å². The summed E-state index contributed by atoms with van der Waals surface area (Å²) in [7, 11) is 0. The van der Waals surface area contributed by atoms with Crippen molar-refractivity contribution < 1.29 is 18.8 Å². The van der Waals surface area contributed by atoms with Gasteiger partial charge in [-0.3, -0.25) is 10.1 Å². The largest absolute Gasteiger partial charge is 0.461 e. The molecule has 1 fully saturated rings. The summed E-state index contributed by atoms with van der Waals surface area (Å²) < 4.78 is 16.1. The number of rotatable bonds is 3. The lowest BCUT2D eigenvalue weighted by atomic mass is 9.99. The standard InChI is InChI=1S/C11H15NO5/c1-3-11(12(13)14)6-15-10(16-7-11)9-5-4-8(2)17-9/h4-5,10H,3,6-7H2,1-2H3. The summed E-state index contributed by atoms with van der Waals surface area (Å²) in [6.07, 6.45) is -0.257. The highest BCUT2D eigenvalue weighted by Crippen LogP contribution is 2.31. The van der Waals surface area contributed by atoms with Gasteiger partial charge in [0.15, 0.2) is 5.76 Å². The zero-order chi connectivity index (χ0) is 12.5. The Bertz CT molecular complexity index is 406. The second-order valence-electron chi connectivity index (χ2n) is 4.24. The van der Waals surface area contributed by atoms with E-state index >= 15 is 0 Å². The van der Waals surface area contributed by atoms with E-state index in [1.165, 1.54) is 0 Å². The van der Waals surface area contributed by atoms with E-state index in [1.54, 1.807) is 19.1 Å². The number of nitro groups is 1. The van der Waals surface area contributed by atoms with Gasteiger partial charge >= 0.3 is 0 Å². The molecule has 0 saturated carbocycles. The molecule has 0 atom stereocenters. The van der Waals surface area contributed by atoms with E-state index in [4.69, 9.17) is 13.9 Å². The normalized spacial score (nSPS) is 29.2. The molecule has 0 aromatic carbocycles. The van der Waals surface area contributed by atoms with Crippen molar-refractivity contribution in [1.29, 1.82) is 0 Å². The maximum absolute atomic E-state index is 11.0. The molecule has 1 aliphatic rings. The zero-order valence-corrected chi connectivity index (χ0v) is 9.84. The molecule has 0 N–H and O–H groups in total. The van der Waals surface area contributed by atoms with Crippen molar-refractivity contribution in [3.8, 4) is 0 Å². The molecule has 1 aromatic heterocycles. The molecule has 0 aliphatic carbocycles. The van der Waals surface area contributed by atoms with E-state index in [0.29, 0.717) is 12.2 Å². The van der Waals surface area contributed by atoms with Crippen LogP contribution in [0.1, 0.15) is 31.2 Å². The molecule has 17 heavy (non-hydrogen) atoms. The minimum atomic E-state index is -1.13. The molecule has 0 amide bonds. The summed E-state index contributed by atoms with van der Waals surface area (Å²) >= 11 is 0. The van der Waals surface area contributed by atoms with Crippen molar-refractivity contribution in [2.24, 2.45) is 0 Å². The Morgan fingerprint density at radius 1 is 1.47 bits per heavy atom. The van der Waals surface area contributed by atoms with Crippen LogP contribution in [0.5, 0.6) is 0 Å². The van der Waals surface area contributed by atoms with Crippen LogP contribution in [0.3, 0.4) is 0 Å². The molecule has 1 saturated heterocycles. The van der Waals surface area contributed by atoms with Crippen LogP contribution in [0, 0.1) is 17.0 Å². The monoisotopic (exact) mass is 241 g/mol. The molecule has 2 heterocycles. The molecular weight excluding hydrogens is 226 g/mol. The number of aryl methyl sites for hydroxylation is 1. The maximum atomic E-state index is 11.0. The molecule has 2 rings (SSSR count). The zero-order valence-electron chi connectivity index (χ0n) is 9.84. The maximum Gasteiger partial charge on any atom is 0.267 e. The molecule has 0 spiro atoms. The molecule has 1 aliphatic heterocycles. The highest BCUT2D eigenvalue weighted by Gasteiger charge is 2.47. The van der Waals surface area contributed by atoms with Gasteiger partial charge in [0.25, 0.3) is 5.54 Å². The lowest BCUT2D eigenvalue weighted by Crippen LogP contribution is -2.50. The number of hydrogen-bond acceptors (Lipinski definition) is 5. The molecule has 0 unspecified atom stereocenters. The first-order chi connectivity index (χ1) is 8.07. The summed E-state index contributed by atoms with van der Waals surface area (Å²) in [4.78, 5) is 10.7. The molecular formula is C11H15NO5. The van der Waals surface area contributed by atoms with Crippen LogP contribution in [-0.2, 0) is 9.47 Å². The fraction of sp³-hybridized carbons (Fsp3) is 0.636. The Hall–Kier alpha value is -1.40. The second-order valence-corrected chi connectivity index (χ2v) is 4.24. The van der Waals surface area contributed by atoms with Crippen LogP contribution in [0.25, 0.3) is 0 Å². The van der Waals surface area contributed by atoms with E-state index < -0.39 is 11.8 Å². The van der Waals surface area contributed by atoms with Crippen molar-refractivity contribution >= 4 is 0 Å². The number of nitrogens with zero attached hydrogens (tertiary/aromatic N) is 1. The number of furan rings is 1. The Morgan fingerprint density at radius 3 is 2.53 bits per heavy atom. The lowest BCUT2D eigenvalue weighted by Gasteiger charge is -2.31. The van der Waals surface area contributed by atoms with Gasteiger partial charge in [-0.05, 0) is 19.1 Å². The SMILES string of the molecule is CCC1([N+](=O)[O-])COC(c2ccc(C)o2)OC1. The first-order valence-corrected chi connectivity index (χ1v) is 5.51. The third kappa shape index (κ3) is 2.18. The topological polar surface area (TPSA) is 74.7 Å². The Labute approximate surface area is 98.7 Å². The quantitative estimate of drug-likeness (QED) is 0.598. The number of ether oxygens (including phenoxy) is 2. The first-order valence-electron chi connectivity index (χ1n) is 5.51. The minimum Gasteiger partial charge on any atom is -0.461 e. The summed E-state index contributed by atoms with van der Waals surface area (Å²) in [5.74, 6) is 1.31. The van der Waals surface area contributed by atoms with Gasteiger partial charge in [-0.15, -0.1) is 0 Å². The Balaban J connectivity index is 2.05. The van der Waals surface area contributed by atoms with Gasteiger partial charge in [0.05, 0.1) is 0 Å². The summed E-state index contributed by atoms with van der Waals surface area (Å²) in [6.45, 7) is 3.66. The molecule has 94 valence electrons. The van der Waals surface area contributed by atoms with Crippen molar-refractivity contribution in [2.45, 2.75) is 32.1 Å². The summed E-state index contributed by atoms with van der Waals surface area (Å²) in [6, 6.07) is 3.56. The van der Waals surface area contributed by atoms with Crippen molar-refractivity contribution in [2.75, 3.05) is 13.2 Å². The average Bonchev–Trinajstić information content (AvgIpc) is 2.76. The van der Waals surface area contributed by atoms with E-state index in [1.807, 2.05) is 6.92 Å². The van der Waals surface area contributed by atoms with Gasteiger partial charge in [0.1, 0.15) is 19.0 Å². The van der Waals surface area contributed by atoms with E-state index in [0.717, 1.165) is 5.76 Å². The van der Waals surface area contributed by atoms with Crippen LogP contribution in [0.2, 0.25) is 0 Å². The van der Waals surface area contributed by atoms with Gasteiger partial charge in [-0.2, -0.15) is 0 Å². The predicted octanol–water partition coefficient (Wildman–Crippen LogP) is 2.06. The van der Waals surface area contributed by atoms with Gasteiger partial charge in [0.2, 0.25) is 6.29 Å². The van der Waals surface area contributed by atoms with Crippen LogP contribution >= 0.6 is 0 Å². The van der Waals surface area contributed by atoms with Gasteiger partial charge in [0, 0.05) is 11.3 Å². The first kappa shape index (κ1) is 12.1. The molecule has 0 radical (unpaired) electrons. The van der Waals surface area contributed by atoms with Gasteiger partial charge in [-0.25, -0.2) is 0 Å². The third-order valence-corrected chi connectivity index (χ3v) is 3.05. The third-order valence-electron chi connectivity index (χ3n) is 3.05. The summed E-state index contributed by atoms with van der Waals surface area (Å²) in [5, 5.41) is 11.0. The second kappa shape index (κ2) is 4.46. The van der Waals surface area contributed by atoms with Gasteiger partial charge in [-0.1, -0.05) is 6.92 Å². The number of hydrogen-bond donors (Lipinski definition) is 0. The molecule has 6 heteroatoms. The van der Waals surface area contributed by atoms with Crippen LogP contribution in [0.4, 0.5) is 0 Å². The molecule has 0 bridgehead atoms. The van der Waals surface area contributed by atoms with Crippen LogP contribution < -0.4 is 0 Å². The van der Waals surface area contributed by atoms with Crippen molar-refractivity contribution in [3.05, 3.63) is 33.8 Å². The minimum absolute atomic E-state index is 0.0426. The van der Waals surface area contributed by atoms with Crippen molar-refractivity contribution in [3.63, 3.8) is 0 Å². The Kier molecular flexibility index (Phi) is 3.17. The van der Waals surface area contributed by atoms with E-state index in [2.05, 4.69) is 0 Å². The average molecular weight is 241 g/mol. The van der Waals surface area contributed by atoms with Crippen LogP contribution in [0.15, 0.2) is 16.5 Å². The predicted molar refractivity (Wildman–Crippen MR) is 58.1 cm³/mol.